The number of nitrogens with zero attached hydrogens (tertiary/aromatic N) is 6. The van der Waals surface area contributed by atoms with Crippen LogP contribution >= 0.6 is 0 Å². The molecule has 0 aromatic carbocycles. The molecule has 8 heteroatoms. The Morgan fingerprint density at radius 2 is 0.357 bits per heavy atom. The Hall–Kier alpha value is -1.93. The van der Waals surface area contributed by atoms with Gasteiger partial charge in [-0.05, 0) is 0 Å². The molecule has 0 aliphatic carbocycles. The van der Waals surface area contributed by atoms with Crippen molar-refractivity contribution in [2.24, 2.45) is 0 Å². The molecule has 0 atom stereocenters. The first-order valence-electron chi connectivity index (χ1n) is 1.34. The van der Waals surface area contributed by atoms with Crippen molar-refractivity contribution in [3.8, 4) is 0 Å². The third-order valence-corrected chi connectivity index (χ3v) is 0. The molecule has 0 aliphatic rings. The fraction of sp³-hybridized carbons (Fsp3) is 0. The average molecular weight is 316 g/mol. The summed E-state index contributed by atoms with van der Waals surface area (Å²) in [6.45, 7) is 28.5. The van der Waals surface area contributed by atoms with Crippen molar-refractivity contribution in [1.82, 2.24) is 0 Å². The van der Waals surface area contributed by atoms with Crippen molar-refractivity contribution in [2.45, 2.75) is 0 Å². The molecule has 71 valence electrons. The summed E-state index contributed by atoms with van der Waals surface area (Å²) in [6, 6.07) is 0. The van der Waals surface area contributed by atoms with E-state index in [2.05, 4.69) is 0 Å². The molecule has 0 amide bonds. The first kappa shape index (κ1) is 89.3. The van der Waals surface area contributed by atoms with Gasteiger partial charge < -0.3 is 71.0 Å². The van der Waals surface area contributed by atoms with Crippen molar-refractivity contribution in [3.05, 3.63) is 39.4 Å². The number of hydrogen-bond donors (Lipinski definition) is 0. The van der Waals surface area contributed by atoms with Gasteiger partial charge in [0.05, 0.1) is 0 Å². The summed E-state index contributed by atoms with van der Waals surface area (Å²) in [4.78, 5) is 0. The van der Waals surface area contributed by atoms with Gasteiger partial charge in [-0.3, -0.25) is 0 Å². The molecule has 0 N–H and O–H groups in total. The van der Waals surface area contributed by atoms with Crippen LogP contribution in [0.2, 0.25) is 0 Å². The Morgan fingerprint density at radius 3 is 0.357 bits per heavy atom. The Kier molecular flexibility index (Phi) is 1920. The zero-order chi connectivity index (χ0) is 12.0. The molecule has 0 heterocycles. The van der Waals surface area contributed by atoms with E-state index in [1.54, 1.807) is 0 Å². The number of hydrogen-bond acceptors (Lipinski definition) is 6. The first-order chi connectivity index (χ1) is 6.00. The van der Waals surface area contributed by atoms with Gasteiger partial charge in [-0.2, -0.15) is 0 Å². The average Bonchev–Trinajstić information content (AvgIpc) is 2.33. The summed E-state index contributed by atoms with van der Waals surface area (Å²) in [7, 11) is 0. The summed E-state index contributed by atoms with van der Waals surface area (Å²) in [5.74, 6) is 0. The van der Waals surface area contributed by atoms with Crippen LogP contribution in [0.15, 0.2) is 0 Å². The van der Waals surface area contributed by atoms with Gasteiger partial charge in [0.15, 0.2) is 0 Å². The summed E-state index contributed by atoms with van der Waals surface area (Å²) >= 11 is 0. The maximum absolute atomic E-state index is 6.25. The van der Waals surface area contributed by atoms with Crippen LogP contribution in [0.4, 0.5) is 0 Å². The molecule has 14 heavy (non-hydrogen) atoms. The van der Waals surface area contributed by atoms with Gasteiger partial charge in [0.2, 0.25) is 0 Å². The van der Waals surface area contributed by atoms with Crippen LogP contribution in [0.5, 0.6) is 0 Å². The molecular weight excluding hydrogens is 316 g/mol. The maximum atomic E-state index is 6.25. The molecule has 0 saturated carbocycles. The smallest absolute Gasteiger partial charge is 0.512 e. The van der Waals surface area contributed by atoms with E-state index in [4.69, 9.17) is 71.0 Å². The zero-order valence-corrected chi connectivity index (χ0v) is 9.15. The van der Waals surface area contributed by atoms with Gasteiger partial charge in [-0.25, -0.2) is 0 Å². The maximum Gasteiger partial charge on any atom is 3.00 e. The standard InChI is InChI=1S/6CN.Co.Ru/c6*1-2;;/q6*-1;2*+3. The van der Waals surface area contributed by atoms with Crippen LogP contribution < -0.4 is 0 Å². The van der Waals surface area contributed by atoms with E-state index >= 15 is 0 Å². The molecule has 0 spiro atoms. The summed E-state index contributed by atoms with van der Waals surface area (Å²) in [5, 5.41) is 37.5. The van der Waals surface area contributed by atoms with Gasteiger partial charge in [0.1, 0.15) is 0 Å². The van der Waals surface area contributed by atoms with E-state index < -0.39 is 0 Å². The minimum atomic E-state index is 0. The molecule has 0 aromatic heterocycles. The van der Waals surface area contributed by atoms with Crippen molar-refractivity contribution >= 4 is 0 Å². The minimum Gasteiger partial charge on any atom is -0.512 e. The van der Waals surface area contributed by atoms with Gasteiger partial charge >= 0.3 is 36.3 Å². The molecule has 0 aliphatic heterocycles. The van der Waals surface area contributed by atoms with E-state index in [0.717, 1.165) is 0 Å². The molecule has 0 rings (SSSR count). The van der Waals surface area contributed by atoms with Crippen LogP contribution in [0.25, 0.3) is 0 Å². The van der Waals surface area contributed by atoms with E-state index in [1.165, 1.54) is 0 Å². The summed E-state index contributed by atoms with van der Waals surface area (Å²) < 4.78 is 0. The first-order valence-corrected chi connectivity index (χ1v) is 1.34. The molecule has 0 fully saturated rings. The minimum absolute atomic E-state index is 0. The van der Waals surface area contributed by atoms with E-state index in [9.17, 15) is 0 Å². The van der Waals surface area contributed by atoms with Crippen LogP contribution in [0, 0.1) is 71.0 Å². The van der Waals surface area contributed by atoms with Crippen LogP contribution in [0.1, 0.15) is 0 Å². The Morgan fingerprint density at radius 1 is 0.357 bits per heavy atom. The normalized spacial score (nSPS) is 0.857. The summed E-state index contributed by atoms with van der Waals surface area (Å²) in [6.07, 6.45) is 0. The zero-order valence-electron chi connectivity index (χ0n) is 6.37. The monoisotopic (exact) mass is 317 g/mol. The van der Waals surface area contributed by atoms with E-state index in [0.29, 0.717) is 0 Å². The number of rotatable bonds is 0. The fourth-order valence-electron chi connectivity index (χ4n) is 0. The SMILES string of the molecule is [C-]#N.[C-]#N.[C-]#N.[C-]#N.[C-]#N.[C-]#N.[Co+3].[Ru+3]. The largest absolute Gasteiger partial charge is 3.00 e. The second-order valence-corrected chi connectivity index (χ2v) is 0. The Balaban J connectivity index is -0.00000000500. The van der Waals surface area contributed by atoms with Crippen LogP contribution in [-0.2, 0) is 36.3 Å². The van der Waals surface area contributed by atoms with Crippen molar-refractivity contribution < 1.29 is 36.3 Å². The van der Waals surface area contributed by atoms with Crippen LogP contribution in [0.3, 0.4) is 0 Å². The van der Waals surface area contributed by atoms with Gasteiger partial charge in [-0.15, -0.1) is 0 Å². The molecular formula is C6CoN6Ru. The Bertz CT molecular complexity index is 97.3. The summed E-state index contributed by atoms with van der Waals surface area (Å²) in [5.41, 5.74) is 0. The van der Waals surface area contributed by atoms with Gasteiger partial charge in [0.25, 0.3) is 0 Å². The second kappa shape index (κ2) is 301. The predicted molar refractivity (Wildman–Crippen MR) is 29.8 cm³/mol. The molecule has 0 saturated heterocycles. The fourth-order valence-corrected chi connectivity index (χ4v) is 0. The van der Waals surface area contributed by atoms with Crippen molar-refractivity contribution in [2.75, 3.05) is 0 Å². The predicted octanol–water partition coefficient (Wildman–Crippen LogP) is 0.573. The molecule has 0 bridgehead atoms. The van der Waals surface area contributed by atoms with Crippen LogP contribution in [-0.4, -0.2) is 0 Å². The third-order valence-electron chi connectivity index (χ3n) is 0. The topological polar surface area (TPSA) is 143 Å². The van der Waals surface area contributed by atoms with Gasteiger partial charge in [0, 0.05) is 0 Å². The van der Waals surface area contributed by atoms with Gasteiger partial charge in [-0.1, -0.05) is 0 Å². The Labute approximate surface area is 107 Å². The van der Waals surface area contributed by atoms with Crippen molar-refractivity contribution in [3.63, 3.8) is 0 Å². The quantitative estimate of drug-likeness (QED) is 0.472. The third kappa shape index (κ3) is 222. The molecule has 0 unspecified atom stereocenters. The van der Waals surface area contributed by atoms with Crippen molar-refractivity contribution in [1.29, 1.82) is 31.6 Å². The molecule has 6 nitrogen and oxygen atoms in total. The molecule has 0 aromatic rings. The van der Waals surface area contributed by atoms with E-state index in [-0.39, 0.29) is 36.3 Å². The van der Waals surface area contributed by atoms with E-state index in [1.807, 2.05) is 0 Å². The molecule has 1 radical (unpaired) electrons. The second-order valence-electron chi connectivity index (χ2n) is 0.